The highest BCUT2D eigenvalue weighted by Gasteiger charge is 2.24. The number of aliphatic hydroxyl groups is 2. The van der Waals surface area contributed by atoms with Gasteiger partial charge in [0.1, 0.15) is 0 Å². The molecule has 0 aliphatic carbocycles. The summed E-state index contributed by atoms with van der Waals surface area (Å²) in [6.07, 6.45) is 3.68. The van der Waals surface area contributed by atoms with Crippen molar-refractivity contribution < 1.29 is 15.0 Å². The van der Waals surface area contributed by atoms with Crippen LogP contribution in [0, 0.1) is 5.92 Å². The first-order valence-electron chi connectivity index (χ1n) is 6.33. The van der Waals surface area contributed by atoms with Gasteiger partial charge in [-0.05, 0) is 45.2 Å². The minimum absolute atomic E-state index is 0.0961. The average molecular weight is 244 g/mol. The second-order valence-corrected chi connectivity index (χ2v) is 5.18. The number of carbonyl (C=O) groups is 1. The second-order valence-electron chi connectivity index (χ2n) is 5.18. The van der Waals surface area contributed by atoms with Gasteiger partial charge < -0.3 is 20.8 Å². The molecule has 1 rings (SSSR count). The van der Waals surface area contributed by atoms with Gasteiger partial charge in [0.2, 0.25) is 5.91 Å². The molecule has 0 aromatic carbocycles. The highest BCUT2D eigenvalue weighted by Crippen LogP contribution is 2.16. The molecule has 1 aliphatic rings. The quantitative estimate of drug-likeness (QED) is 0.514. The third kappa shape index (κ3) is 5.02. The van der Waals surface area contributed by atoms with E-state index in [1.165, 1.54) is 12.8 Å². The van der Waals surface area contributed by atoms with Crippen LogP contribution in [0.1, 0.15) is 32.6 Å². The van der Waals surface area contributed by atoms with Crippen LogP contribution in [0.25, 0.3) is 0 Å². The first kappa shape index (κ1) is 14.4. The molecule has 1 atom stereocenters. The zero-order valence-electron chi connectivity index (χ0n) is 10.5. The van der Waals surface area contributed by atoms with E-state index < -0.39 is 5.54 Å². The molecule has 0 bridgehead atoms. The Balaban J connectivity index is 2.24. The van der Waals surface area contributed by atoms with Gasteiger partial charge in [-0.15, -0.1) is 0 Å². The lowest BCUT2D eigenvalue weighted by Crippen LogP contribution is -2.51. The molecule has 1 amide bonds. The summed E-state index contributed by atoms with van der Waals surface area (Å²) in [5, 5.41) is 24.1. The number of aliphatic hydroxyl groups excluding tert-OH is 2. The summed E-state index contributed by atoms with van der Waals surface area (Å²) in [5.74, 6) is 0.477. The summed E-state index contributed by atoms with van der Waals surface area (Å²) in [5.41, 5.74) is -0.901. The van der Waals surface area contributed by atoms with Crippen molar-refractivity contribution in [1.29, 1.82) is 0 Å². The molecule has 1 saturated heterocycles. The van der Waals surface area contributed by atoms with E-state index in [2.05, 4.69) is 10.6 Å². The number of hydrogen-bond acceptors (Lipinski definition) is 4. The summed E-state index contributed by atoms with van der Waals surface area (Å²) in [6.45, 7) is 3.20. The van der Waals surface area contributed by atoms with Crippen LogP contribution in [-0.4, -0.2) is 48.0 Å². The first-order valence-corrected chi connectivity index (χ1v) is 6.33. The van der Waals surface area contributed by atoms with Crippen molar-refractivity contribution in [2.24, 2.45) is 5.92 Å². The van der Waals surface area contributed by atoms with E-state index in [1.54, 1.807) is 6.92 Å². The summed E-state index contributed by atoms with van der Waals surface area (Å²) < 4.78 is 0. The molecule has 17 heavy (non-hydrogen) atoms. The Kier molecular flexibility index (Phi) is 5.88. The molecule has 0 radical (unpaired) electrons. The van der Waals surface area contributed by atoms with Crippen LogP contribution in [-0.2, 0) is 4.79 Å². The Morgan fingerprint density at radius 1 is 1.47 bits per heavy atom. The van der Waals surface area contributed by atoms with Gasteiger partial charge in [0.15, 0.2) is 0 Å². The van der Waals surface area contributed by atoms with Crippen LogP contribution in [0.15, 0.2) is 0 Å². The molecule has 0 spiro atoms. The van der Waals surface area contributed by atoms with Crippen LogP contribution >= 0.6 is 0 Å². The minimum atomic E-state index is -0.901. The highest BCUT2D eigenvalue weighted by molar-refractivity contribution is 5.76. The molecule has 1 aliphatic heterocycles. The standard InChI is InChI=1S/C12H24N2O3/c1-12(8-15,9-16)14-11(17)5-4-10-3-2-6-13-7-10/h10,13,15-16H,2-9H2,1H3,(H,14,17). The lowest BCUT2D eigenvalue weighted by molar-refractivity contribution is -0.124. The molecule has 1 unspecified atom stereocenters. The molecule has 5 heteroatoms. The van der Waals surface area contributed by atoms with E-state index in [9.17, 15) is 4.79 Å². The zero-order valence-corrected chi connectivity index (χ0v) is 10.5. The normalized spacial score (nSPS) is 21.2. The number of hydrogen-bond donors (Lipinski definition) is 4. The molecule has 4 N–H and O–H groups in total. The number of nitrogens with one attached hydrogen (secondary N) is 2. The fourth-order valence-electron chi connectivity index (χ4n) is 2.03. The van der Waals surface area contributed by atoms with Crippen LogP contribution in [0.5, 0.6) is 0 Å². The van der Waals surface area contributed by atoms with Gasteiger partial charge in [0.05, 0.1) is 18.8 Å². The monoisotopic (exact) mass is 244 g/mol. The van der Waals surface area contributed by atoms with E-state index in [4.69, 9.17) is 10.2 Å². The van der Waals surface area contributed by atoms with Crippen molar-refractivity contribution in [2.75, 3.05) is 26.3 Å². The third-order valence-electron chi connectivity index (χ3n) is 3.32. The largest absolute Gasteiger partial charge is 0.394 e. The Hall–Kier alpha value is -0.650. The van der Waals surface area contributed by atoms with Crippen molar-refractivity contribution in [1.82, 2.24) is 10.6 Å². The molecule has 0 aromatic heterocycles. The molecule has 0 aromatic rings. The number of rotatable bonds is 6. The molecule has 5 nitrogen and oxygen atoms in total. The van der Waals surface area contributed by atoms with E-state index >= 15 is 0 Å². The van der Waals surface area contributed by atoms with Crippen LogP contribution in [0.3, 0.4) is 0 Å². The summed E-state index contributed by atoms with van der Waals surface area (Å²) in [7, 11) is 0. The van der Waals surface area contributed by atoms with Crippen molar-refractivity contribution >= 4 is 5.91 Å². The Bertz CT molecular complexity index is 236. The SMILES string of the molecule is CC(CO)(CO)NC(=O)CCC1CCCNC1. The number of amides is 1. The van der Waals surface area contributed by atoms with Gasteiger partial charge >= 0.3 is 0 Å². The summed E-state index contributed by atoms with van der Waals surface area (Å²) in [6, 6.07) is 0. The molecule has 1 heterocycles. The highest BCUT2D eigenvalue weighted by atomic mass is 16.3. The van der Waals surface area contributed by atoms with Gasteiger partial charge in [0.25, 0.3) is 0 Å². The maximum atomic E-state index is 11.7. The summed E-state index contributed by atoms with van der Waals surface area (Å²) >= 11 is 0. The van der Waals surface area contributed by atoms with E-state index in [0.717, 1.165) is 19.5 Å². The Labute approximate surface area is 103 Å². The first-order chi connectivity index (χ1) is 8.09. The number of carbonyl (C=O) groups excluding carboxylic acids is 1. The Morgan fingerprint density at radius 3 is 2.71 bits per heavy atom. The second kappa shape index (κ2) is 6.93. The molecular weight excluding hydrogens is 220 g/mol. The fraction of sp³-hybridized carbons (Fsp3) is 0.917. The molecular formula is C12H24N2O3. The fourth-order valence-corrected chi connectivity index (χ4v) is 2.03. The van der Waals surface area contributed by atoms with E-state index in [0.29, 0.717) is 12.3 Å². The van der Waals surface area contributed by atoms with Crippen LogP contribution in [0.2, 0.25) is 0 Å². The van der Waals surface area contributed by atoms with E-state index in [-0.39, 0.29) is 19.1 Å². The predicted molar refractivity (Wildman–Crippen MR) is 65.5 cm³/mol. The minimum Gasteiger partial charge on any atom is -0.394 e. The third-order valence-corrected chi connectivity index (χ3v) is 3.32. The Morgan fingerprint density at radius 2 is 2.18 bits per heavy atom. The predicted octanol–water partition coefficient (Wildman–Crippen LogP) is -0.374. The smallest absolute Gasteiger partial charge is 0.220 e. The van der Waals surface area contributed by atoms with Gasteiger partial charge in [-0.1, -0.05) is 0 Å². The topological polar surface area (TPSA) is 81.6 Å². The molecule has 0 saturated carbocycles. The van der Waals surface area contributed by atoms with Gasteiger partial charge in [0, 0.05) is 6.42 Å². The van der Waals surface area contributed by atoms with Gasteiger partial charge in [-0.25, -0.2) is 0 Å². The zero-order chi connectivity index (χ0) is 12.7. The average Bonchev–Trinajstić information content (AvgIpc) is 2.37. The van der Waals surface area contributed by atoms with Crippen molar-refractivity contribution in [3.63, 3.8) is 0 Å². The maximum Gasteiger partial charge on any atom is 0.220 e. The van der Waals surface area contributed by atoms with Crippen molar-refractivity contribution in [3.05, 3.63) is 0 Å². The van der Waals surface area contributed by atoms with Gasteiger partial charge in [-0.3, -0.25) is 4.79 Å². The van der Waals surface area contributed by atoms with Crippen LogP contribution < -0.4 is 10.6 Å². The van der Waals surface area contributed by atoms with Crippen LogP contribution in [0.4, 0.5) is 0 Å². The van der Waals surface area contributed by atoms with E-state index in [1.807, 2.05) is 0 Å². The van der Waals surface area contributed by atoms with Gasteiger partial charge in [-0.2, -0.15) is 0 Å². The van der Waals surface area contributed by atoms with Crippen molar-refractivity contribution in [3.8, 4) is 0 Å². The van der Waals surface area contributed by atoms with Crippen molar-refractivity contribution in [2.45, 2.75) is 38.1 Å². The summed E-state index contributed by atoms with van der Waals surface area (Å²) in [4.78, 5) is 11.7. The molecule has 100 valence electrons. The maximum absolute atomic E-state index is 11.7. The number of piperidine rings is 1. The lowest BCUT2D eigenvalue weighted by Gasteiger charge is -2.27. The molecule has 1 fully saturated rings. The lowest BCUT2D eigenvalue weighted by atomic mass is 9.94.